The van der Waals surface area contributed by atoms with Crippen molar-refractivity contribution < 1.29 is 16.5 Å². The standard InChI is InChI=1S/C14H32P2.Ni.2H/c1-11(2)15(12(3)4)9-10-16(13(5)6)14(7)8;;;/h11-14H,9-10H2,1-8H3;;;. The molecule has 0 aliphatic rings. The maximum atomic E-state index is 2.42. The third kappa shape index (κ3) is 8.19. The molecular formula is C14H34NiP2. The molecule has 0 spiro atoms. The van der Waals surface area contributed by atoms with E-state index in [9.17, 15) is 0 Å². The van der Waals surface area contributed by atoms with Crippen LogP contribution in [0.5, 0.6) is 0 Å². The second-order valence-electron chi connectivity index (χ2n) is 5.85. The number of hydrogen-bond donors (Lipinski definition) is 0. The molecule has 0 radical (unpaired) electrons. The fourth-order valence-electron chi connectivity index (χ4n) is 2.46. The summed E-state index contributed by atoms with van der Waals surface area (Å²) in [6, 6.07) is 0. The zero-order valence-electron chi connectivity index (χ0n) is 13.0. The molecule has 0 N–H and O–H groups in total. The molecule has 0 bridgehead atoms. The number of rotatable bonds is 7. The van der Waals surface area contributed by atoms with Crippen molar-refractivity contribution in [1.29, 1.82) is 0 Å². The van der Waals surface area contributed by atoms with E-state index >= 15 is 0 Å². The van der Waals surface area contributed by atoms with Gasteiger partial charge in [0.15, 0.2) is 0 Å². The van der Waals surface area contributed by atoms with Gasteiger partial charge in [-0.1, -0.05) is 55.4 Å². The minimum atomic E-state index is 0. The molecule has 0 rings (SSSR count). The van der Waals surface area contributed by atoms with Crippen LogP contribution in [0.25, 0.3) is 0 Å². The van der Waals surface area contributed by atoms with E-state index < -0.39 is 0 Å². The van der Waals surface area contributed by atoms with E-state index in [1.807, 2.05) is 0 Å². The summed E-state index contributed by atoms with van der Waals surface area (Å²) in [5.74, 6) is 0. The normalized spacial score (nSPS) is 12.4. The molecule has 0 aliphatic carbocycles. The first-order valence-electron chi connectivity index (χ1n) is 6.78. The van der Waals surface area contributed by atoms with Crippen LogP contribution in [0.2, 0.25) is 0 Å². The SMILES string of the molecule is CC(C)P(CCP(C(C)C)C(C)C)C(C)C.[NiH2]. The predicted molar refractivity (Wildman–Crippen MR) is 86.9 cm³/mol. The van der Waals surface area contributed by atoms with Crippen molar-refractivity contribution in [3.05, 3.63) is 0 Å². The van der Waals surface area contributed by atoms with Gasteiger partial charge in [-0.25, -0.2) is 0 Å². The average molecular weight is 323 g/mol. The zero-order chi connectivity index (χ0) is 12.9. The Kier molecular flexibility index (Phi) is 12.4. The Bertz CT molecular complexity index is 143. The fraction of sp³-hybridized carbons (Fsp3) is 1.00. The van der Waals surface area contributed by atoms with E-state index in [2.05, 4.69) is 55.4 Å². The second-order valence-corrected chi connectivity index (χ2v) is 12.9. The Morgan fingerprint density at radius 1 is 0.529 bits per heavy atom. The molecule has 0 amide bonds. The summed E-state index contributed by atoms with van der Waals surface area (Å²) < 4.78 is 0. The summed E-state index contributed by atoms with van der Waals surface area (Å²) >= 11 is 0. The fourth-order valence-corrected chi connectivity index (χ4v) is 8.75. The average Bonchev–Trinajstić information content (AvgIpc) is 2.09. The molecule has 0 aromatic heterocycles. The Morgan fingerprint density at radius 3 is 0.824 bits per heavy atom. The molecule has 0 unspecified atom stereocenters. The molecule has 110 valence electrons. The molecule has 0 aromatic rings. The van der Waals surface area contributed by atoms with Crippen molar-refractivity contribution in [2.24, 2.45) is 0 Å². The van der Waals surface area contributed by atoms with Crippen molar-refractivity contribution in [1.82, 2.24) is 0 Å². The summed E-state index contributed by atoms with van der Waals surface area (Å²) in [6.07, 6.45) is 3.01. The van der Waals surface area contributed by atoms with Crippen LogP contribution in [0, 0.1) is 0 Å². The Morgan fingerprint density at radius 2 is 0.706 bits per heavy atom. The van der Waals surface area contributed by atoms with E-state index in [4.69, 9.17) is 0 Å². The van der Waals surface area contributed by atoms with Crippen LogP contribution >= 0.6 is 15.8 Å². The van der Waals surface area contributed by atoms with Gasteiger partial charge in [-0.15, -0.1) is 15.8 Å². The second kappa shape index (κ2) is 10.2. The van der Waals surface area contributed by atoms with E-state index in [1.165, 1.54) is 12.3 Å². The van der Waals surface area contributed by atoms with E-state index in [-0.39, 0.29) is 32.3 Å². The molecule has 0 aromatic carbocycles. The molecule has 0 nitrogen and oxygen atoms in total. The summed E-state index contributed by atoms with van der Waals surface area (Å²) in [7, 11) is 0.511. The Labute approximate surface area is 123 Å². The molecule has 0 atom stereocenters. The van der Waals surface area contributed by atoms with Gasteiger partial charge in [0.05, 0.1) is 0 Å². The maximum absolute atomic E-state index is 2.42. The van der Waals surface area contributed by atoms with Gasteiger partial charge in [0, 0.05) is 0 Å². The van der Waals surface area contributed by atoms with Crippen LogP contribution in [0.3, 0.4) is 0 Å². The van der Waals surface area contributed by atoms with Gasteiger partial charge in [-0.3, -0.25) is 0 Å². The van der Waals surface area contributed by atoms with Crippen LogP contribution in [0.1, 0.15) is 55.4 Å². The van der Waals surface area contributed by atoms with Crippen molar-refractivity contribution >= 4 is 15.8 Å². The predicted octanol–water partition coefficient (Wildman–Crippen LogP) is 5.05. The van der Waals surface area contributed by atoms with E-state index in [0.717, 1.165) is 22.6 Å². The molecule has 0 saturated carbocycles. The van der Waals surface area contributed by atoms with Crippen molar-refractivity contribution in [2.75, 3.05) is 12.3 Å². The summed E-state index contributed by atoms with van der Waals surface area (Å²) in [6.45, 7) is 19.3. The Balaban J connectivity index is 0. The van der Waals surface area contributed by atoms with E-state index in [1.54, 1.807) is 0 Å². The van der Waals surface area contributed by atoms with E-state index in [0.29, 0.717) is 0 Å². The monoisotopic (exact) mass is 322 g/mol. The van der Waals surface area contributed by atoms with Crippen molar-refractivity contribution in [3.63, 3.8) is 0 Å². The van der Waals surface area contributed by atoms with Crippen molar-refractivity contribution in [3.8, 4) is 0 Å². The molecule has 0 fully saturated rings. The van der Waals surface area contributed by atoms with Crippen LogP contribution in [0.4, 0.5) is 0 Å². The number of hydrogen-bond acceptors (Lipinski definition) is 0. The van der Waals surface area contributed by atoms with Gasteiger partial charge < -0.3 is 0 Å². The molecular weight excluding hydrogens is 289 g/mol. The van der Waals surface area contributed by atoms with Gasteiger partial charge in [-0.2, -0.15) is 0 Å². The van der Waals surface area contributed by atoms with Crippen LogP contribution in [0.15, 0.2) is 0 Å². The van der Waals surface area contributed by atoms with Gasteiger partial charge in [0.1, 0.15) is 0 Å². The van der Waals surface area contributed by atoms with Gasteiger partial charge in [0.25, 0.3) is 0 Å². The first-order valence-corrected chi connectivity index (χ1v) is 10.1. The molecule has 17 heavy (non-hydrogen) atoms. The molecule has 0 heterocycles. The van der Waals surface area contributed by atoms with Crippen LogP contribution in [-0.4, -0.2) is 35.0 Å². The Hall–Kier alpha value is 1.35. The first-order chi connectivity index (χ1) is 7.27. The molecule has 0 saturated heterocycles. The third-order valence-electron chi connectivity index (χ3n) is 3.27. The van der Waals surface area contributed by atoms with Crippen LogP contribution in [-0.2, 0) is 16.5 Å². The molecule has 0 aliphatic heterocycles. The summed E-state index contributed by atoms with van der Waals surface area (Å²) in [4.78, 5) is 0. The summed E-state index contributed by atoms with van der Waals surface area (Å²) in [5.41, 5.74) is 3.63. The minimum absolute atomic E-state index is 0. The van der Waals surface area contributed by atoms with Gasteiger partial charge in [-0.05, 0) is 35.0 Å². The zero-order valence-corrected chi connectivity index (χ0v) is 15.9. The first kappa shape index (κ1) is 20.7. The molecule has 3 heteroatoms. The quantitative estimate of drug-likeness (QED) is 0.454. The van der Waals surface area contributed by atoms with Gasteiger partial charge in [0.2, 0.25) is 0 Å². The van der Waals surface area contributed by atoms with Gasteiger partial charge >= 0.3 is 16.5 Å². The summed E-state index contributed by atoms with van der Waals surface area (Å²) in [5, 5.41) is 0. The third-order valence-corrected chi connectivity index (χ3v) is 10.4. The van der Waals surface area contributed by atoms with Crippen LogP contribution < -0.4 is 0 Å². The van der Waals surface area contributed by atoms with Crippen molar-refractivity contribution in [2.45, 2.75) is 78.0 Å². The topological polar surface area (TPSA) is 0 Å².